The lowest BCUT2D eigenvalue weighted by molar-refractivity contribution is 0.170. The van der Waals surface area contributed by atoms with Gasteiger partial charge in [0.25, 0.3) is 0 Å². The van der Waals surface area contributed by atoms with Crippen LogP contribution in [0, 0.1) is 5.92 Å². The third kappa shape index (κ3) is 2.30. The van der Waals surface area contributed by atoms with Crippen LogP contribution in [0.2, 0.25) is 0 Å². The Morgan fingerprint density at radius 3 is 1.54 bits per heavy atom. The van der Waals surface area contributed by atoms with E-state index in [4.69, 9.17) is 0 Å². The fourth-order valence-corrected chi connectivity index (χ4v) is 8.70. The van der Waals surface area contributed by atoms with Crippen molar-refractivity contribution in [2.75, 3.05) is 0 Å². The smallest absolute Gasteiger partial charge is 0.199 e. The van der Waals surface area contributed by atoms with Crippen LogP contribution in [0.1, 0.15) is 13.3 Å². The molecule has 1 saturated carbocycles. The van der Waals surface area contributed by atoms with Crippen LogP contribution in [0.25, 0.3) is 0 Å². The van der Waals surface area contributed by atoms with Crippen molar-refractivity contribution in [2.24, 2.45) is 5.92 Å². The van der Waals surface area contributed by atoms with Gasteiger partial charge in [0, 0.05) is 5.92 Å². The van der Waals surface area contributed by atoms with E-state index in [0.717, 1.165) is 0 Å². The zero-order chi connectivity index (χ0) is 17.6. The number of sulfone groups is 2. The van der Waals surface area contributed by atoms with Gasteiger partial charge in [0.15, 0.2) is 23.8 Å². The van der Waals surface area contributed by atoms with Crippen LogP contribution >= 0.6 is 0 Å². The van der Waals surface area contributed by atoms with Gasteiger partial charge in [-0.25, -0.2) is 16.8 Å². The van der Waals surface area contributed by atoms with Gasteiger partial charge in [0.05, 0.1) is 15.9 Å². The van der Waals surface area contributed by atoms with Crippen molar-refractivity contribution < 1.29 is 21.9 Å². The van der Waals surface area contributed by atoms with Gasteiger partial charge in [-0.05, 0) is 37.6 Å². The molecule has 3 rings (SSSR count). The standard InChI is InChI=1S/C17H18O5S2/c1-13(18)16-12-17(16,23(19,20)14-8-4-2-5-9-14)24(21,22)15-10-6-3-7-11-15/h2-11,13,16,18H,12H2,1H3/t13-,16-/m1/s1. The van der Waals surface area contributed by atoms with Crippen LogP contribution in [0.3, 0.4) is 0 Å². The van der Waals surface area contributed by atoms with Crippen molar-refractivity contribution in [1.29, 1.82) is 0 Å². The fraction of sp³-hybridized carbons (Fsp3) is 0.294. The molecule has 0 saturated heterocycles. The number of rotatable bonds is 5. The fourth-order valence-electron chi connectivity index (χ4n) is 3.15. The first-order chi connectivity index (χ1) is 11.2. The molecule has 2 atom stereocenters. The molecule has 1 fully saturated rings. The summed E-state index contributed by atoms with van der Waals surface area (Å²) in [4.78, 5) is -0.0969. The molecule has 1 N–H and O–H groups in total. The van der Waals surface area contributed by atoms with Crippen molar-refractivity contribution in [3.8, 4) is 0 Å². The van der Waals surface area contributed by atoms with E-state index in [1.165, 1.54) is 31.2 Å². The maximum Gasteiger partial charge on any atom is 0.199 e. The van der Waals surface area contributed by atoms with Crippen molar-refractivity contribution >= 4 is 19.7 Å². The summed E-state index contributed by atoms with van der Waals surface area (Å²) >= 11 is 0. The van der Waals surface area contributed by atoms with Gasteiger partial charge in [0.2, 0.25) is 0 Å². The lowest BCUT2D eigenvalue weighted by Crippen LogP contribution is -2.37. The summed E-state index contributed by atoms with van der Waals surface area (Å²) in [6.07, 6.45) is -1.15. The summed E-state index contributed by atoms with van der Waals surface area (Å²) in [7, 11) is -8.35. The SMILES string of the molecule is C[C@@H](O)[C@H]1CC1(S(=O)(=O)c1ccccc1)S(=O)(=O)c1ccccc1. The second kappa shape index (κ2) is 5.68. The average Bonchev–Trinajstić information content (AvgIpc) is 3.35. The molecule has 1 aliphatic rings. The predicted octanol–water partition coefficient (Wildman–Crippen LogP) is 2.03. The topological polar surface area (TPSA) is 88.5 Å². The third-order valence-electron chi connectivity index (χ3n) is 4.51. The number of hydrogen-bond donors (Lipinski definition) is 1. The zero-order valence-electron chi connectivity index (χ0n) is 13.0. The summed E-state index contributed by atoms with van der Waals surface area (Å²) < 4.78 is 50.6. The average molecular weight is 366 g/mol. The molecule has 128 valence electrons. The number of benzene rings is 2. The zero-order valence-corrected chi connectivity index (χ0v) is 14.7. The first-order valence-electron chi connectivity index (χ1n) is 7.52. The van der Waals surface area contributed by atoms with Crippen molar-refractivity contribution in [3.63, 3.8) is 0 Å². The molecule has 0 spiro atoms. The monoisotopic (exact) mass is 366 g/mol. The molecule has 5 nitrogen and oxygen atoms in total. The van der Waals surface area contributed by atoms with Crippen molar-refractivity contribution in [2.45, 2.75) is 33.3 Å². The second-order valence-corrected chi connectivity index (χ2v) is 10.7. The quantitative estimate of drug-likeness (QED) is 0.875. The van der Waals surface area contributed by atoms with Gasteiger partial charge in [-0.3, -0.25) is 0 Å². The Bertz CT molecular complexity index is 863. The number of aliphatic hydroxyl groups excluding tert-OH is 1. The summed E-state index contributed by atoms with van der Waals surface area (Å²) in [6, 6.07) is 15.1. The summed E-state index contributed by atoms with van der Waals surface area (Å²) in [6.45, 7) is 1.42. The normalized spacial score (nSPS) is 21.2. The van der Waals surface area contributed by atoms with Crippen molar-refractivity contribution in [3.05, 3.63) is 60.7 Å². The van der Waals surface area contributed by atoms with Gasteiger partial charge < -0.3 is 5.11 Å². The molecule has 2 aromatic carbocycles. The van der Waals surface area contributed by atoms with Crippen LogP contribution < -0.4 is 0 Å². The highest BCUT2D eigenvalue weighted by Crippen LogP contribution is 2.59. The Balaban J connectivity index is 2.22. The van der Waals surface area contributed by atoms with Gasteiger partial charge in [0.1, 0.15) is 0 Å². The van der Waals surface area contributed by atoms with E-state index in [9.17, 15) is 21.9 Å². The Kier molecular flexibility index (Phi) is 4.06. The molecular weight excluding hydrogens is 348 g/mol. The second-order valence-electron chi connectivity index (χ2n) is 6.00. The predicted molar refractivity (Wildman–Crippen MR) is 89.8 cm³/mol. The van der Waals surface area contributed by atoms with E-state index in [-0.39, 0.29) is 16.2 Å². The van der Waals surface area contributed by atoms with E-state index in [2.05, 4.69) is 0 Å². The molecule has 0 aliphatic heterocycles. The molecule has 0 heterocycles. The Hall–Kier alpha value is -1.70. The van der Waals surface area contributed by atoms with E-state index >= 15 is 0 Å². The van der Waals surface area contributed by atoms with Crippen LogP contribution in [-0.4, -0.2) is 32.1 Å². The lowest BCUT2D eigenvalue weighted by Gasteiger charge is -2.20. The Labute approximate surface area is 141 Å². The van der Waals surface area contributed by atoms with Crippen LogP contribution in [0.5, 0.6) is 0 Å². The third-order valence-corrected chi connectivity index (χ3v) is 10.4. The van der Waals surface area contributed by atoms with E-state index in [0.29, 0.717) is 0 Å². The molecule has 0 radical (unpaired) electrons. The largest absolute Gasteiger partial charge is 0.393 e. The Morgan fingerprint density at radius 1 is 0.875 bits per heavy atom. The maximum atomic E-state index is 13.2. The summed E-state index contributed by atoms with van der Waals surface area (Å²) in [5.74, 6) is -0.854. The molecule has 0 bridgehead atoms. The minimum absolute atomic E-state index is 0.0485. The molecular formula is C17H18O5S2. The van der Waals surface area contributed by atoms with E-state index in [1.54, 1.807) is 36.4 Å². The molecule has 0 aromatic heterocycles. The van der Waals surface area contributed by atoms with Gasteiger partial charge in [-0.15, -0.1) is 0 Å². The number of aliphatic hydroxyl groups is 1. The first kappa shape index (κ1) is 17.1. The summed E-state index contributed by atoms with van der Waals surface area (Å²) in [5.41, 5.74) is 0. The molecule has 7 heteroatoms. The molecule has 0 amide bonds. The molecule has 2 aromatic rings. The van der Waals surface area contributed by atoms with Gasteiger partial charge in [-0.2, -0.15) is 0 Å². The van der Waals surface area contributed by atoms with Crippen LogP contribution in [0.15, 0.2) is 70.5 Å². The van der Waals surface area contributed by atoms with E-state index < -0.39 is 35.8 Å². The van der Waals surface area contributed by atoms with Gasteiger partial charge >= 0.3 is 0 Å². The number of hydrogen-bond acceptors (Lipinski definition) is 5. The highest BCUT2D eigenvalue weighted by atomic mass is 32.3. The van der Waals surface area contributed by atoms with Crippen LogP contribution in [0.4, 0.5) is 0 Å². The van der Waals surface area contributed by atoms with E-state index in [1.807, 2.05) is 0 Å². The summed E-state index contributed by atoms with van der Waals surface area (Å²) in [5, 5.41) is 9.92. The molecule has 1 aliphatic carbocycles. The minimum Gasteiger partial charge on any atom is -0.393 e. The lowest BCUT2D eigenvalue weighted by atomic mass is 10.3. The first-order valence-corrected chi connectivity index (χ1v) is 10.5. The highest BCUT2D eigenvalue weighted by Gasteiger charge is 2.74. The Morgan fingerprint density at radius 2 is 1.25 bits per heavy atom. The van der Waals surface area contributed by atoms with Gasteiger partial charge in [-0.1, -0.05) is 36.4 Å². The molecule has 24 heavy (non-hydrogen) atoms. The maximum absolute atomic E-state index is 13.2. The highest BCUT2D eigenvalue weighted by molar-refractivity contribution is 8.10. The minimum atomic E-state index is -4.18. The molecule has 0 unspecified atom stereocenters. The van der Waals surface area contributed by atoms with Crippen LogP contribution in [-0.2, 0) is 19.7 Å². The van der Waals surface area contributed by atoms with Crippen molar-refractivity contribution in [1.82, 2.24) is 0 Å².